The van der Waals surface area contributed by atoms with E-state index in [2.05, 4.69) is 18.8 Å². The van der Waals surface area contributed by atoms with Gasteiger partial charge in [-0.1, -0.05) is 46.0 Å². The first-order valence-corrected chi connectivity index (χ1v) is 8.06. The van der Waals surface area contributed by atoms with E-state index >= 15 is 0 Å². The number of ether oxygens (including phenoxy) is 1. The average molecular weight is 278 g/mol. The minimum absolute atomic E-state index is 0.00126. The highest BCUT2D eigenvalue weighted by atomic mass is 16.5. The molecule has 0 aromatic carbocycles. The first kappa shape index (κ1) is 17.1. The fourth-order valence-electron chi connectivity index (χ4n) is 2.33. The van der Waals surface area contributed by atoms with Crippen LogP contribution in [0, 0.1) is 0 Å². The van der Waals surface area contributed by atoms with Crippen LogP contribution in [0.15, 0.2) is 24.5 Å². The van der Waals surface area contributed by atoms with Gasteiger partial charge in [-0.3, -0.25) is 4.98 Å². The van der Waals surface area contributed by atoms with Crippen LogP contribution in [0.4, 0.5) is 0 Å². The highest BCUT2D eigenvalue weighted by Crippen LogP contribution is 2.22. The SMILES string of the molecule is CCCCCCCCOC(c1ccncc1)C(N)CC. The van der Waals surface area contributed by atoms with Crippen molar-refractivity contribution >= 4 is 0 Å². The molecule has 0 aliphatic rings. The lowest BCUT2D eigenvalue weighted by Crippen LogP contribution is -2.29. The van der Waals surface area contributed by atoms with Gasteiger partial charge in [-0.25, -0.2) is 0 Å². The van der Waals surface area contributed by atoms with Gasteiger partial charge in [0.05, 0.1) is 6.10 Å². The molecule has 114 valence electrons. The Morgan fingerprint density at radius 2 is 1.70 bits per heavy atom. The number of aromatic nitrogens is 1. The predicted octanol–water partition coefficient (Wildman–Crippen LogP) is 4.24. The Hall–Kier alpha value is -0.930. The van der Waals surface area contributed by atoms with Crippen molar-refractivity contribution in [3.05, 3.63) is 30.1 Å². The molecular formula is C17H30N2O. The molecule has 0 aliphatic carbocycles. The highest BCUT2D eigenvalue weighted by molar-refractivity contribution is 5.15. The fourth-order valence-corrected chi connectivity index (χ4v) is 2.33. The zero-order valence-electron chi connectivity index (χ0n) is 13.1. The van der Waals surface area contributed by atoms with E-state index in [1.165, 1.54) is 32.1 Å². The summed E-state index contributed by atoms with van der Waals surface area (Å²) < 4.78 is 6.03. The van der Waals surface area contributed by atoms with Crippen molar-refractivity contribution in [3.8, 4) is 0 Å². The molecule has 3 heteroatoms. The standard InChI is InChI=1S/C17H30N2O/c1-3-5-6-7-8-9-14-20-17(16(18)4-2)15-10-12-19-13-11-15/h10-13,16-17H,3-9,14,18H2,1-2H3. The number of rotatable bonds is 11. The van der Waals surface area contributed by atoms with E-state index in [0.29, 0.717) is 0 Å². The minimum atomic E-state index is -0.00126. The molecule has 0 spiro atoms. The number of unbranched alkanes of at least 4 members (excludes halogenated alkanes) is 5. The van der Waals surface area contributed by atoms with Crippen LogP contribution >= 0.6 is 0 Å². The maximum Gasteiger partial charge on any atom is 0.0976 e. The molecule has 0 saturated heterocycles. The topological polar surface area (TPSA) is 48.1 Å². The van der Waals surface area contributed by atoms with E-state index in [4.69, 9.17) is 10.5 Å². The predicted molar refractivity (Wildman–Crippen MR) is 84.6 cm³/mol. The van der Waals surface area contributed by atoms with Gasteiger partial charge in [-0.2, -0.15) is 0 Å². The van der Waals surface area contributed by atoms with Crippen LogP contribution in [0.25, 0.3) is 0 Å². The number of nitrogens with two attached hydrogens (primary N) is 1. The normalized spacial score (nSPS) is 14.2. The van der Waals surface area contributed by atoms with E-state index in [9.17, 15) is 0 Å². The number of hydrogen-bond acceptors (Lipinski definition) is 3. The monoisotopic (exact) mass is 278 g/mol. The largest absolute Gasteiger partial charge is 0.372 e. The maximum atomic E-state index is 6.18. The van der Waals surface area contributed by atoms with Crippen LogP contribution in [0.3, 0.4) is 0 Å². The quantitative estimate of drug-likeness (QED) is 0.616. The molecule has 20 heavy (non-hydrogen) atoms. The molecule has 0 aliphatic heterocycles. The molecule has 3 nitrogen and oxygen atoms in total. The van der Waals surface area contributed by atoms with Crippen LogP contribution in [-0.2, 0) is 4.74 Å². The molecule has 1 aromatic rings. The minimum Gasteiger partial charge on any atom is -0.372 e. The van der Waals surface area contributed by atoms with Gasteiger partial charge in [-0.05, 0) is 30.5 Å². The first-order valence-electron chi connectivity index (χ1n) is 8.06. The summed E-state index contributed by atoms with van der Waals surface area (Å²) in [5, 5.41) is 0. The molecular weight excluding hydrogens is 248 g/mol. The molecule has 0 radical (unpaired) electrons. The van der Waals surface area contributed by atoms with Crippen molar-refractivity contribution in [3.63, 3.8) is 0 Å². The van der Waals surface area contributed by atoms with Gasteiger partial charge in [-0.15, -0.1) is 0 Å². The zero-order valence-corrected chi connectivity index (χ0v) is 13.1. The smallest absolute Gasteiger partial charge is 0.0976 e. The number of nitrogens with zero attached hydrogens (tertiary/aromatic N) is 1. The van der Waals surface area contributed by atoms with Gasteiger partial charge in [0.1, 0.15) is 0 Å². The summed E-state index contributed by atoms with van der Waals surface area (Å²) in [5.41, 5.74) is 7.32. The van der Waals surface area contributed by atoms with Crippen molar-refractivity contribution < 1.29 is 4.74 Å². The Labute approximate surface area is 123 Å². The van der Waals surface area contributed by atoms with Gasteiger partial charge < -0.3 is 10.5 Å². The van der Waals surface area contributed by atoms with Gasteiger partial charge in [0.15, 0.2) is 0 Å². The first-order chi connectivity index (χ1) is 9.79. The molecule has 0 bridgehead atoms. The van der Waals surface area contributed by atoms with Gasteiger partial charge >= 0.3 is 0 Å². The summed E-state index contributed by atoms with van der Waals surface area (Å²) in [7, 11) is 0. The molecule has 2 atom stereocenters. The van der Waals surface area contributed by atoms with Gasteiger partial charge in [0.25, 0.3) is 0 Å². The summed E-state index contributed by atoms with van der Waals surface area (Å²) in [6.45, 7) is 5.15. The summed E-state index contributed by atoms with van der Waals surface area (Å²) >= 11 is 0. The highest BCUT2D eigenvalue weighted by Gasteiger charge is 2.18. The van der Waals surface area contributed by atoms with Crippen molar-refractivity contribution in [2.75, 3.05) is 6.61 Å². The molecule has 1 heterocycles. The average Bonchev–Trinajstić information content (AvgIpc) is 2.50. The van der Waals surface area contributed by atoms with E-state index < -0.39 is 0 Å². The zero-order chi connectivity index (χ0) is 14.6. The van der Waals surface area contributed by atoms with Crippen LogP contribution in [0.2, 0.25) is 0 Å². The third-order valence-electron chi connectivity index (χ3n) is 3.69. The van der Waals surface area contributed by atoms with Crippen LogP contribution in [0.5, 0.6) is 0 Å². The Morgan fingerprint density at radius 3 is 2.35 bits per heavy atom. The molecule has 2 unspecified atom stereocenters. The lowest BCUT2D eigenvalue weighted by atomic mass is 10.0. The van der Waals surface area contributed by atoms with E-state index in [0.717, 1.165) is 25.0 Å². The van der Waals surface area contributed by atoms with Crippen LogP contribution in [0.1, 0.15) is 70.5 Å². The summed E-state index contributed by atoms with van der Waals surface area (Å²) in [4.78, 5) is 4.05. The maximum absolute atomic E-state index is 6.18. The molecule has 1 aromatic heterocycles. The van der Waals surface area contributed by atoms with E-state index in [1.807, 2.05) is 12.1 Å². The molecule has 0 amide bonds. The lowest BCUT2D eigenvalue weighted by Gasteiger charge is -2.23. The Balaban J connectivity index is 2.32. The third-order valence-corrected chi connectivity index (χ3v) is 3.69. The lowest BCUT2D eigenvalue weighted by molar-refractivity contribution is 0.0310. The van der Waals surface area contributed by atoms with Crippen LogP contribution in [-0.4, -0.2) is 17.6 Å². The summed E-state index contributed by atoms with van der Waals surface area (Å²) in [6, 6.07) is 4.06. The Kier molecular flexibility index (Phi) is 9.25. The second-order valence-corrected chi connectivity index (χ2v) is 5.41. The molecule has 2 N–H and O–H groups in total. The van der Waals surface area contributed by atoms with Crippen molar-refractivity contribution in [1.82, 2.24) is 4.98 Å². The third kappa shape index (κ3) is 6.49. The molecule has 1 rings (SSSR count). The second kappa shape index (κ2) is 10.8. The van der Waals surface area contributed by atoms with Gasteiger partial charge in [0, 0.05) is 25.0 Å². The number of hydrogen-bond donors (Lipinski definition) is 1. The van der Waals surface area contributed by atoms with Crippen molar-refractivity contribution in [1.29, 1.82) is 0 Å². The molecule has 0 fully saturated rings. The second-order valence-electron chi connectivity index (χ2n) is 5.41. The van der Waals surface area contributed by atoms with Crippen molar-refractivity contribution in [2.45, 2.75) is 70.9 Å². The number of pyridine rings is 1. The van der Waals surface area contributed by atoms with Gasteiger partial charge in [0.2, 0.25) is 0 Å². The Morgan fingerprint density at radius 1 is 1.05 bits per heavy atom. The van der Waals surface area contributed by atoms with Crippen molar-refractivity contribution in [2.24, 2.45) is 5.73 Å². The fraction of sp³-hybridized carbons (Fsp3) is 0.706. The Bertz CT molecular complexity index is 329. The van der Waals surface area contributed by atoms with E-state index in [1.54, 1.807) is 12.4 Å². The van der Waals surface area contributed by atoms with E-state index in [-0.39, 0.29) is 12.1 Å². The molecule has 0 saturated carbocycles. The summed E-state index contributed by atoms with van der Waals surface area (Å²) in [5.74, 6) is 0. The van der Waals surface area contributed by atoms with Crippen LogP contribution < -0.4 is 5.73 Å². The summed E-state index contributed by atoms with van der Waals surface area (Å²) in [6.07, 6.45) is 12.2.